The first-order chi connectivity index (χ1) is 3.27. The van der Waals surface area contributed by atoms with Gasteiger partial charge in [-0.05, 0) is 0 Å². The van der Waals surface area contributed by atoms with E-state index in [0.29, 0.717) is 0 Å². The van der Waals surface area contributed by atoms with Crippen molar-refractivity contribution < 1.29 is 4.39 Å². The molecule has 0 bridgehead atoms. The molecule has 0 heterocycles. The Kier molecular flexibility index (Phi) is 3.00. The van der Waals surface area contributed by atoms with Crippen LogP contribution in [0.15, 0.2) is 4.99 Å². The van der Waals surface area contributed by atoms with Crippen molar-refractivity contribution in [1.82, 2.24) is 0 Å². The Morgan fingerprint density at radius 1 is 1.57 bits per heavy atom. The van der Waals surface area contributed by atoms with Crippen LogP contribution in [0, 0.1) is 0 Å². The summed E-state index contributed by atoms with van der Waals surface area (Å²) < 4.78 is 11.1. The number of nitrogens with zero attached hydrogens (tertiary/aromatic N) is 1. The summed E-state index contributed by atoms with van der Waals surface area (Å²) in [7, 11) is 0. The molecule has 42 valence electrons. The Morgan fingerprint density at radius 3 is 2.29 bits per heavy atom. The molecule has 3 nitrogen and oxygen atoms in total. The third-order valence-electron chi connectivity index (χ3n) is 0.379. The summed E-state index contributed by atoms with van der Waals surface area (Å²) in [6.07, 6.45) is 0. The SMILES string of the molecule is NC(N)=NCCF. The fraction of sp³-hybridized carbons (Fsp3) is 0.667. The molecule has 0 aromatic carbocycles. The first-order valence-corrected chi connectivity index (χ1v) is 1.88. The van der Waals surface area contributed by atoms with E-state index in [2.05, 4.69) is 4.99 Å². The first-order valence-electron chi connectivity index (χ1n) is 1.88. The molecule has 0 aromatic heterocycles. The van der Waals surface area contributed by atoms with Crippen LogP contribution in [0.4, 0.5) is 4.39 Å². The van der Waals surface area contributed by atoms with Gasteiger partial charge in [0, 0.05) is 0 Å². The molecule has 0 aliphatic carbocycles. The van der Waals surface area contributed by atoms with Gasteiger partial charge < -0.3 is 11.5 Å². The fourth-order valence-corrected chi connectivity index (χ4v) is 0.171. The molecule has 0 aliphatic rings. The Balaban J connectivity index is 3.08. The molecule has 0 fully saturated rings. The van der Waals surface area contributed by atoms with Gasteiger partial charge in [0.05, 0.1) is 6.54 Å². The molecule has 4 N–H and O–H groups in total. The summed E-state index contributed by atoms with van der Waals surface area (Å²) in [5.41, 5.74) is 9.68. The number of aliphatic imine (C=N–C) groups is 1. The number of halogens is 1. The normalized spacial score (nSPS) is 8.14. The van der Waals surface area contributed by atoms with Gasteiger partial charge in [0.2, 0.25) is 0 Å². The lowest BCUT2D eigenvalue weighted by Gasteiger charge is -1.85. The zero-order valence-electron chi connectivity index (χ0n) is 3.89. The van der Waals surface area contributed by atoms with Crippen LogP contribution >= 0.6 is 0 Å². The molecule has 0 rings (SSSR count). The van der Waals surface area contributed by atoms with Gasteiger partial charge in [-0.2, -0.15) is 0 Å². The van der Waals surface area contributed by atoms with Crippen molar-refractivity contribution in [3.63, 3.8) is 0 Å². The number of rotatable bonds is 2. The smallest absolute Gasteiger partial charge is 0.185 e. The van der Waals surface area contributed by atoms with E-state index in [4.69, 9.17) is 11.5 Å². The molecule has 0 saturated heterocycles. The lowest BCUT2D eigenvalue weighted by molar-refractivity contribution is 0.504. The van der Waals surface area contributed by atoms with Crippen LogP contribution in [0.3, 0.4) is 0 Å². The summed E-state index contributed by atoms with van der Waals surface area (Å²) in [4.78, 5) is 3.34. The van der Waals surface area contributed by atoms with Gasteiger partial charge in [0.15, 0.2) is 5.96 Å². The second-order valence-corrected chi connectivity index (χ2v) is 0.996. The second-order valence-electron chi connectivity index (χ2n) is 0.996. The van der Waals surface area contributed by atoms with Crippen molar-refractivity contribution in [1.29, 1.82) is 0 Å². The quantitative estimate of drug-likeness (QED) is 0.357. The van der Waals surface area contributed by atoms with E-state index in [1.165, 1.54) is 0 Å². The van der Waals surface area contributed by atoms with E-state index in [0.717, 1.165) is 0 Å². The summed E-state index contributed by atoms with van der Waals surface area (Å²) in [6.45, 7) is -0.430. The summed E-state index contributed by atoms with van der Waals surface area (Å²) in [5.74, 6) is -0.0577. The van der Waals surface area contributed by atoms with Gasteiger partial charge in [0.25, 0.3) is 0 Å². The first kappa shape index (κ1) is 6.20. The van der Waals surface area contributed by atoms with Crippen molar-refractivity contribution in [2.75, 3.05) is 13.2 Å². The third-order valence-corrected chi connectivity index (χ3v) is 0.379. The minimum absolute atomic E-state index is 0.0577. The predicted octanol–water partition coefficient (Wildman–Crippen LogP) is -0.771. The van der Waals surface area contributed by atoms with Gasteiger partial charge in [0.1, 0.15) is 6.67 Å². The van der Waals surface area contributed by atoms with E-state index >= 15 is 0 Å². The highest BCUT2D eigenvalue weighted by molar-refractivity contribution is 5.75. The van der Waals surface area contributed by atoms with Gasteiger partial charge in [-0.15, -0.1) is 0 Å². The Labute approximate surface area is 41.2 Å². The molecule has 0 unspecified atom stereocenters. The van der Waals surface area contributed by atoms with E-state index < -0.39 is 6.67 Å². The van der Waals surface area contributed by atoms with Crippen LogP contribution in [0.5, 0.6) is 0 Å². The topological polar surface area (TPSA) is 64.4 Å². The number of alkyl halides is 1. The summed E-state index contributed by atoms with van der Waals surface area (Å²) in [6, 6.07) is 0. The molecule has 0 aliphatic heterocycles. The molecule has 7 heavy (non-hydrogen) atoms. The monoisotopic (exact) mass is 105 g/mol. The van der Waals surface area contributed by atoms with E-state index in [9.17, 15) is 4.39 Å². The molecule has 0 spiro atoms. The molecular weight excluding hydrogens is 97.1 g/mol. The predicted molar refractivity (Wildman–Crippen MR) is 26.7 cm³/mol. The Bertz CT molecular complexity index is 66.6. The Morgan fingerprint density at radius 2 is 2.14 bits per heavy atom. The highest BCUT2D eigenvalue weighted by Crippen LogP contribution is 1.67. The highest BCUT2D eigenvalue weighted by Gasteiger charge is 1.76. The van der Waals surface area contributed by atoms with E-state index in [1.807, 2.05) is 0 Å². The lowest BCUT2D eigenvalue weighted by atomic mass is 10.7. The molecule has 0 aromatic rings. The van der Waals surface area contributed by atoms with Crippen LogP contribution in [-0.2, 0) is 0 Å². The van der Waals surface area contributed by atoms with E-state index in [-0.39, 0.29) is 12.5 Å². The maximum Gasteiger partial charge on any atom is 0.185 e. The zero-order chi connectivity index (χ0) is 5.70. The fourth-order valence-electron chi connectivity index (χ4n) is 0.171. The molecule has 4 heteroatoms. The largest absolute Gasteiger partial charge is 0.370 e. The maximum absolute atomic E-state index is 11.1. The second kappa shape index (κ2) is 3.39. The van der Waals surface area contributed by atoms with Crippen molar-refractivity contribution >= 4 is 5.96 Å². The Hall–Kier alpha value is -0.800. The van der Waals surface area contributed by atoms with Crippen molar-refractivity contribution in [2.24, 2.45) is 16.5 Å². The molecule has 0 amide bonds. The van der Waals surface area contributed by atoms with Crippen LogP contribution in [-0.4, -0.2) is 19.2 Å². The van der Waals surface area contributed by atoms with Crippen LogP contribution in [0.2, 0.25) is 0 Å². The molecular formula is C3H8FN3. The minimum atomic E-state index is -0.502. The maximum atomic E-state index is 11.1. The number of hydrogen-bond acceptors (Lipinski definition) is 1. The van der Waals surface area contributed by atoms with Gasteiger partial charge >= 0.3 is 0 Å². The molecule has 0 atom stereocenters. The number of guanidine groups is 1. The number of nitrogens with two attached hydrogens (primary N) is 2. The van der Waals surface area contributed by atoms with Gasteiger partial charge in [-0.3, -0.25) is 4.99 Å². The molecule has 0 radical (unpaired) electrons. The van der Waals surface area contributed by atoms with Crippen molar-refractivity contribution in [3.8, 4) is 0 Å². The van der Waals surface area contributed by atoms with Crippen molar-refractivity contribution in [3.05, 3.63) is 0 Å². The zero-order valence-corrected chi connectivity index (χ0v) is 3.89. The van der Waals surface area contributed by atoms with Crippen LogP contribution < -0.4 is 11.5 Å². The van der Waals surface area contributed by atoms with E-state index in [1.54, 1.807) is 0 Å². The summed E-state index contributed by atoms with van der Waals surface area (Å²) in [5, 5.41) is 0. The van der Waals surface area contributed by atoms with Crippen LogP contribution in [0.1, 0.15) is 0 Å². The number of hydrogen-bond donors (Lipinski definition) is 2. The minimum Gasteiger partial charge on any atom is -0.370 e. The summed E-state index contributed by atoms with van der Waals surface area (Å²) >= 11 is 0. The average molecular weight is 105 g/mol. The lowest BCUT2D eigenvalue weighted by Crippen LogP contribution is -2.23. The van der Waals surface area contributed by atoms with Gasteiger partial charge in [-0.25, -0.2) is 4.39 Å². The average Bonchev–Trinajstić information content (AvgIpc) is 1.61. The standard InChI is InChI=1S/C3H8FN3/c4-1-2-7-3(5)6/h1-2H2,(H4,5,6,7). The molecule has 0 saturated carbocycles. The van der Waals surface area contributed by atoms with Crippen LogP contribution in [0.25, 0.3) is 0 Å². The van der Waals surface area contributed by atoms with Crippen molar-refractivity contribution in [2.45, 2.75) is 0 Å². The third kappa shape index (κ3) is 5.20. The van der Waals surface area contributed by atoms with Gasteiger partial charge in [-0.1, -0.05) is 0 Å². The highest BCUT2D eigenvalue weighted by atomic mass is 19.1.